The van der Waals surface area contributed by atoms with Crippen LogP contribution < -0.4 is 10.3 Å². The fourth-order valence-corrected chi connectivity index (χ4v) is 3.64. The third-order valence-electron chi connectivity index (χ3n) is 5.53. The molecule has 1 aromatic carbocycles. The Kier molecular flexibility index (Phi) is 10.6. The molecule has 0 saturated heterocycles. The molecule has 7 heteroatoms. The number of aromatic hydroxyl groups is 1. The van der Waals surface area contributed by atoms with Crippen LogP contribution in [0.1, 0.15) is 79.4 Å². The predicted octanol–water partition coefficient (Wildman–Crippen LogP) is 4.74. The lowest BCUT2D eigenvalue weighted by Crippen LogP contribution is -2.27. The molecule has 7 nitrogen and oxygen atoms in total. The SMILES string of the molecule is CCCCCCCOc1ccc(C(=O)c2c(C)c(C#N)c(=O)n(CCCOCC)c2O)cc1. The van der Waals surface area contributed by atoms with Gasteiger partial charge in [0.05, 0.1) is 12.2 Å². The highest BCUT2D eigenvalue weighted by molar-refractivity contribution is 6.11. The van der Waals surface area contributed by atoms with Crippen LogP contribution in [-0.4, -0.2) is 35.3 Å². The minimum Gasteiger partial charge on any atom is -0.494 e. The molecule has 1 heterocycles. The quantitative estimate of drug-likeness (QED) is 0.327. The second-order valence-corrected chi connectivity index (χ2v) is 7.93. The molecule has 1 aromatic heterocycles. The van der Waals surface area contributed by atoms with Gasteiger partial charge in [-0.25, -0.2) is 0 Å². The lowest BCUT2D eigenvalue weighted by Gasteiger charge is -2.16. The van der Waals surface area contributed by atoms with Crippen molar-refractivity contribution in [2.45, 2.75) is 65.8 Å². The summed E-state index contributed by atoms with van der Waals surface area (Å²) >= 11 is 0. The number of nitrogens with zero attached hydrogens (tertiary/aromatic N) is 2. The van der Waals surface area contributed by atoms with E-state index >= 15 is 0 Å². The van der Waals surface area contributed by atoms with E-state index in [-0.39, 0.29) is 23.2 Å². The number of ketones is 1. The fourth-order valence-electron chi connectivity index (χ4n) is 3.64. The van der Waals surface area contributed by atoms with Crippen LogP contribution >= 0.6 is 0 Å². The lowest BCUT2D eigenvalue weighted by molar-refractivity contribution is 0.103. The number of unbranched alkanes of at least 4 members (excludes halogenated alkanes) is 4. The van der Waals surface area contributed by atoms with E-state index in [9.17, 15) is 20.0 Å². The molecule has 0 saturated carbocycles. The van der Waals surface area contributed by atoms with E-state index in [1.807, 2.05) is 13.0 Å². The molecule has 2 rings (SSSR count). The summed E-state index contributed by atoms with van der Waals surface area (Å²) < 4.78 is 12.1. The predicted molar refractivity (Wildman–Crippen MR) is 127 cm³/mol. The number of aromatic nitrogens is 1. The van der Waals surface area contributed by atoms with Gasteiger partial charge in [0.25, 0.3) is 5.56 Å². The zero-order valence-corrected chi connectivity index (χ0v) is 19.9. The van der Waals surface area contributed by atoms with Gasteiger partial charge in [-0.3, -0.25) is 14.2 Å². The largest absolute Gasteiger partial charge is 0.494 e. The van der Waals surface area contributed by atoms with Gasteiger partial charge >= 0.3 is 0 Å². The van der Waals surface area contributed by atoms with Crippen molar-refractivity contribution in [3.05, 3.63) is 56.9 Å². The van der Waals surface area contributed by atoms with Crippen LogP contribution in [0, 0.1) is 18.3 Å². The third-order valence-corrected chi connectivity index (χ3v) is 5.53. The van der Waals surface area contributed by atoms with Crippen molar-refractivity contribution < 1.29 is 19.4 Å². The lowest BCUT2D eigenvalue weighted by atomic mass is 9.97. The van der Waals surface area contributed by atoms with E-state index in [2.05, 4.69) is 6.92 Å². The van der Waals surface area contributed by atoms with Crippen molar-refractivity contribution in [3.63, 3.8) is 0 Å². The number of carbonyl (C=O) groups excluding carboxylic acids is 1. The molecule has 0 aliphatic heterocycles. The average Bonchev–Trinajstić information content (AvgIpc) is 2.81. The second kappa shape index (κ2) is 13.4. The second-order valence-electron chi connectivity index (χ2n) is 7.93. The Morgan fingerprint density at radius 3 is 2.39 bits per heavy atom. The first-order valence-corrected chi connectivity index (χ1v) is 11.7. The van der Waals surface area contributed by atoms with Crippen molar-refractivity contribution in [1.82, 2.24) is 4.57 Å². The van der Waals surface area contributed by atoms with E-state index in [4.69, 9.17) is 9.47 Å². The van der Waals surface area contributed by atoms with Crippen LogP contribution in [0.3, 0.4) is 0 Å². The van der Waals surface area contributed by atoms with Crippen molar-refractivity contribution in [3.8, 4) is 17.7 Å². The van der Waals surface area contributed by atoms with Crippen molar-refractivity contribution >= 4 is 5.78 Å². The van der Waals surface area contributed by atoms with Gasteiger partial charge in [0.15, 0.2) is 5.78 Å². The molecule has 178 valence electrons. The molecule has 0 fully saturated rings. The molecule has 1 N–H and O–H groups in total. The van der Waals surface area contributed by atoms with E-state index in [1.165, 1.54) is 26.2 Å². The molecule has 0 atom stereocenters. The summed E-state index contributed by atoms with van der Waals surface area (Å²) in [5.74, 6) is -0.210. The minimum atomic E-state index is -0.608. The Balaban J connectivity index is 2.21. The molecule has 0 unspecified atom stereocenters. The molecular formula is C26H34N2O5. The Labute approximate surface area is 195 Å². The van der Waals surface area contributed by atoms with Crippen LogP contribution in [0.2, 0.25) is 0 Å². The van der Waals surface area contributed by atoms with E-state index in [0.717, 1.165) is 17.4 Å². The summed E-state index contributed by atoms with van der Waals surface area (Å²) in [4.78, 5) is 25.9. The van der Waals surface area contributed by atoms with Gasteiger partial charge in [-0.1, -0.05) is 32.6 Å². The van der Waals surface area contributed by atoms with Crippen molar-refractivity contribution in [2.24, 2.45) is 0 Å². The van der Waals surface area contributed by atoms with Crippen LogP contribution in [0.5, 0.6) is 11.6 Å². The monoisotopic (exact) mass is 454 g/mol. The zero-order chi connectivity index (χ0) is 24.2. The minimum absolute atomic E-state index is 0.0350. The van der Waals surface area contributed by atoms with Crippen molar-refractivity contribution in [1.29, 1.82) is 5.26 Å². The smallest absolute Gasteiger partial charge is 0.271 e. The summed E-state index contributed by atoms with van der Waals surface area (Å²) in [7, 11) is 0. The summed E-state index contributed by atoms with van der Waals surface area (Å²) in [5.41, 5.74) is -0.267. The van der Waals surface area contributed by atoms with Crippen LogP contribution in [-0.2, 0) is 11.3 Å². The molecular weight excluding hydrogens is 420 g/mol. The first kappa shape index (κ1) is 26.1. The number of pyridine rings is 1. The van der Waals surface area contributed by atoms with E-state index in [0.29, 0.717) is 37.6 Å². The zero-order valence-electron chi connectivity index (χ0n) is 19.9. The molecule has 0 bridgehead atoms. The Bertz CT molecular complexity index is 1020. The molecule has 33 heavy (non-hydrogen) atoms. The summed E-state index contributed by atoms with van der Waals surface area (Å²) in [6.07, 6.45) is 6.21. The number of hydrogen-bond acceptors (Lipinski definition) is 6. The molecule has 0 amide bonds. The number of nitriles is 1. The van der Waals surface area contributed by atoms with Crippen LogP contribution in [0.4, 0.5) is 0 Å². The van der Waals surface area contributed by atoms with Crippen LogP contribution in [0.25, 0.3) is 0 Å². The Hall–Kier alpha value is -3.11. The highest BCUT2D eigenvalue weighted by Gasteiger charge is 2.24. The average molecular weight is 455 g/mol. The molecule has 0 aliphatic rings. The first-order chi connectivity index (χ1) is 16.0. The number of benzene rings is 1. The standard InChI is InChI=1S/C26H34N2O5/c1-4-6-7-8-9-17-33-21-13-11-20(12-14-21)24(29)23-19(3)22(18-27)25(30)28(26(23)31)15-10-16-32-5-2/h11-14,31H,4-10,15-17H2,1-3H3. The maximum Gasteiger partial charge on any atom is 0.271 e. The molecule has 0 aliphatic carbocycles. The number of hydrogen-bond donors (Lipinski definition) is 1. The van der Waals surface area contributed by atoms with Gasteiger partial charge in [0, 0.05) is 25.3 Å². The van der Waals surface area contributed by atoms with Gasteiger partial charge in [0.1, 0.15) is 17.4 Å². The highest BCUT2D eigenvalue weighted by Crippen LogP contribution is 2.26. The highest BCUT2D eigenvalue weighted by atomic mass is 16.5. The van der Waals surface area contributed by atoms with E-state index in [1.54, 1.807) is 24.3 Å². The number of carbonyl (C=O) groups is 1. The Morgan fingerprint density at radius 2 is 1.76 bits per heavy atom. The molecule has 0 spiro atoms. The number of ether oxygens (including phenoxy) is 2. The van der Waals surface area contributed by atoms with Gasteiger partial charge < -0.3 is 14.6 Å². The van der Waals surface area contributed by atoms with Gasteiger partial charge in [-0.05, 0) is 56.5 Å². The number of rotatable bonds is 14. The molecule has 2 aromatic rings. The summed E-state index contributed by atoms with van der Waals surface area (Å²) in [6, 6.07) is 8.57. The molecule has 0 radical (unpaired) electrons. The summed E-state index contributed by atoms with van der Waals surface area (Å²) in [5, 5.41) is 20.3. The summed E-state index contributed by atoms with van der Waals surface area (Å²) in [6.45, 7) is 7.26. The normalized spacial score (nSPS) is 10.7. The van der Waals surface area contributed by atoms with E-state index < -0.39 is 17.2 Å². The van der Waals surface area contributed by atoms with Gasteiger partial charge in [0.2, 0.25) is 5.88 Å². The maximum atomic E-state index is 13.2. The topological polar surface area (TPSA) is 102 Å². The van der Waals surface area contributed by atoms with Crippen LogP contribution in [0.15, 0.2) is 29.1 Å². The Morgan fingerprint density at radius 1 is 1.06 bits per heavy atom. The third kappa shape index (κ3) is 6.93. The fraction of sp³-hybridized carbons (Fsp3) is 0.500. The van der Waals surface area contributed by atoms with Crippen molar-refractivity contribution in [2.75, 3.05) is 19.8 Å². The van der Waals surface area contributed by atoms with Gasteiger partial charge in [-0.2, -0.15) is 5.26 Å². The maximum absolute atomic E-state index is 13.2. The first-order valence-electron chi connectivity index (χ1n) is 11.7. The van der Waals surface area contributed by atoms with Gasteiger partial charge in [-0.15, -0.1) is 0 Å².